The Hall–Kier alpha value is -2.80. The number of sulfone groups is 1. The maximum Gasteiger partial charge on any atom is 0.272 e. The van der Waals surface area contributed by atoms with Crippen LogP contribution in [-0.2, 0) is 16.9 Å². The lowest BCUT2D eigenvalue weighted by molar-refractivity contribution is -0.0321. The van der Waals surface area contributed by atoms with E-state index in [1.807, 2.05) is 0 Å². The van der Waals surface area contributed by atoms with Gasteiger partial charge in [0.2, 0.25) is 5.92 Å². The maximum absolute atomic E-state index is 13.6. The van der Waals surface area contributed by atoms with E-state index in [1.54, 1.807) is 6.07 Å². The number of nitrogens with one attached hydrogen (secondary N) is 1. The quantitative estimate of drug-likeness (QED) is 0.729. The average molecular weight is 427 g/mol. The molecule has 1 heterocycles. The van der Waals surface area contributed by atoms with Crippen LogP contribution >= 0.6 is 0 Å². The van der Waals surface area contributed by atoms with E-state index in [9.17, 15) is 26.4 Å². The van der Waals surface area contributed by atoms with Crippen LogP contribution in [0.4, 0.5) is 18.9 Å². The highest BCUT2D eigenvalue weighted by Crippen LogP contribution is 2.30. The first-order valence-corrected chi connectivity index (χ1v) is 10.3. The van der Waals surface area contributed by atoms with E-state index in [4.69, 9.17) is 5.26 Å². The van der Waals surface area contributed by atoms with Gasteiger partial charge in [0.05, 0.1) is 16.2 Å². The van der Waals surface area contributed by atoms with Crippen molar-refractivity contribution < 1.29 is 26.4 Å². The topological polar surface area (TPSA) is 92.0 Å². The number of carbonyl (C=O) groups is 1. The summed E-state index contributed by atoms with van der Waals surface area (Å²) in [5, 5.41) is 11.3. The van der Waals surface area contributed by atoms with Crippen LogP contribution in [0.25, 0.3) is 0 Å². The second kappa shape index (κ2) is 8.29. The van der Waals surface area contributed by atoms with Gasteiger partial charge in [-0.05, 0) is 37.6 Å². The number of hydrogen-bond acceptors (Lipinski definition) is 4. The first-order valence-electron chi connectivity index (χ1n) is 8.67. The van der Waals surface area contributed by atoms with Crippen molar-refractivity contribution in [2.24, 2.45) is 13.0 Å². The van der Waals surface area contributed by atoms with Crippen LogP contribution in [0.1, 0.15) is 36.3 Å². The molecule has 0 radical (unpaired) electrons. The molecular formula is C19H20F3N3O3S. The summed E-state index contributed by atoms with van der Waals surface area (Å²) >= 11 is 0. The fraction of sp³-hybridized carbons (Fsp3) is 0.368. The minimum Gasteiger partial charge on any atom is -0.345 e. The molecule has 0 saturated carbocycles. The van der Waals surface area contributed by atoms with Gasteiger partial charge in [0.1, 0.15) is 17.6 Å². The van der Waals surface area contributed by atoms with Crippen molar-refractivity contribution in [2.75, 3.05) is 11.1 Å². The van der Waals surface area contributed by atoms with Gasteiger partial charge in [-0.15, -0.1) is 0 Å². The fourth-order valence-corrected chi connectivity index (χ4v) is 4.66. The summed E-state index contributed by atoms with van der Waals surface area (Å²) < 4.78 is 66.9. The molecule has 0 saturated heterocycles. The number of alkyl halides is 2. The molecule has 0 unspecified atom stereocenters. The molecule has 0 bridgehead atoms. The lowest BCUT2D eigenvalue weighted by atomic mass is 10.0. The molecule has 29 heavy (non-hydrogen) atoms. The number of amides is 1. The zero-order valence-corrected chi connectivity index (χ0v) is 16.9. The average Bonchev–Trinajstić information content (AvgIpc) is 3.03. The molecule has 1 aromatic carbocycles. The van der Waals surface area contributed by atoms with Gasteiger partial charge in [-0.2, -0.15) is 5.26 Å². The number of rotatable bonds is 7. The maximum atomic E-state index is 13.6. The van der Waals surface area contributed by atoms with Gasteiger partial charge >= 0.3 is 0 Å². The summed E-state index contributed by atoms with van der Waals surface area (Å²) in [5.41, 5.74) is -0.151. The van der Waals surface area contributed by atoms with Gasteiger partial charge in [0.25, 0.3) is 5.91 Å². The molecule has 156 valence electrons. The Kier molecular flexibility index (Phi) is 6.43. The van der Waals surface area contributed by atoms with Crippen molar-refractivity contribution in [1.82, 2.24) is 4.57 Å². The van der Waals surface area contributed by atoms with Crippen molar-refractivity contribution >= 4 is 21.4 Å². The van der Waals surface area contributed by atoms with E-state index in [-0.39, 0.29) is 28.3 Å². The predicted octanol–water partition coefficient (Wildman–Crippen LogP) is 3.74. The molecule has 0 spiro atoms. The second-order valence-corrected chi connectivity index (χ2v) is 8.81. The zero-order chi connectivity index (χ0) is 22.0. The van der Waals surface area contributed by atoms with E-state index in [0.717, 1.165) is 18.2 Å². The van der Waals surface area contributed by atoms with Crippen LogP contribution in [0.15, 0.2) is 35.4 Å². The first-order chi connectivity index (χ1) is 13.4. The monoisotopic (exact) mass is 427 g/mol. The van der Waals surface area contributed by atoms with Crippen molar-refractivity contribution in [2.45, 2.75) is 31.1 Å². The van der Waals surface area contributed by atoms with Gasteiger partial charge in [-0.1, -0.05) is 6.92 Å². The number of anilines is 1. The van der Waals surface area contributed by atoms with Crippen molar-refractivity contribution in [3.8, 4) is 6.07 Å². The van der Waals surface area contributed by atoms with E-state index in [1.165, 1.54) is 30.8 Å². The van der Waals surface area contributed by atoms with Crippen LogP contribution in [0.5, 0.6) is 0 Å². The van der Waals surface area contributed by atoms with E-state index in [2.05, 4.69) is 5.32 Å². The number of halogens is 3. The van der Waals surface area contributed by atoms with Crippen molar-refractivity contribution in [3.63, 3.8) is 0 Å². The molecule has 2 aromatic rings. The largest absolute Gasteiger partial charge is 0.345 e. The zero-order valence-electron chi connectivity index (χ0n) is 16.0. The van der Waals surface area contributed by atoms with Crippen LogP contribution < -0.4 is 5.32 Å². The molecule has 0 aliphatic heterocycles. The molecule has 0 aliphatic carbocycles. The smallest absolute Gasteiger partial charge is 0.272 e. The molecule has 0 fully saturated rings. The minimum absolute atomic E-state index is 0.0191. The SMILES string of the molecule is CC[C@H](CS(=O)(=O)c1cc(C(=O)Nc2ccc(F)c(C#N)c2)n(C)c1)C(C)(F)F. The third-order valence-corrected chi connectivity index (χ3v) is 6.33. The fourth-order valence-electron chi connectivity index (χ4n) is 2.80. The molecule has 1 amide bonds. The van der Waals surface area contributed by atoms with Crippen molar-refractivity contribution in [3.05, 3.63) is 47.5 Å². The molecule has 1 N–H and O–H groups in total. The third kappa shape index (κ3) is 5.17. The molecule has 1 aromatic heterocycles. The summed E-state index contributed by atoms with van der Waals surface area (Å²) in [6.07, 6.45) is 1.16. The first kappa shape index (κ1) is 22.5. The van der Waals surface area contributed by atoms with Crippen molar-refractivity contribution in [1.29, 1.82) is 5.26 Å². The van der Waals surface area contributed by atoms with Gasteiger partial charge in [-0.3, -0.25) is 4.79 Å². The minimum atomic E-state index is -4.05. The molecular weight excluding hydrogens is 407 g/mol. The van der Waals surface area contributed by atoms with Gasteiger partial charge in [0, 0.05) is 24.8 Å². The van der Waals surface area contributed by atoms with E-state index in [0.29, 0.717) is 6.92 Å². The Bertz CT molecular complexity index is 1070. The highest BCUT2D eigenvalue weighted by molar-refractivity contribution is 7.91. The van der Waals surface area contributed by atoms with Gasteiger partial charge < -0.3 is 9.88 Å². The third-order valence-electron chi connectivity index (χ3n) is 4.55. The van der Waals surface area contributed by atoms with Gasteiger partial charge in [-0.25, -0.2) is 21.6 Å². The van der Waals surface area contributed by atoms with Gasteiger partial charge in [0.15, 0.2) is 9.84 Å². The van der Waals surface area contributed by atoms with Crippen LogP contribution in [0.2, 0.25) is 0 Å². The Balaban J connectivity index is 2.27. The van der Waals surface area contributed by atoms with E-state index < -0.39 is 39.2 Å². The normalized spacial score (nSPS) is 13.0. The summed E-state index contributed by atoms with van der Waals surface area (Å²) in [7, 11) is -2.62. The standard InChI is InChI=1S/C19H20F3N3O3S/c1-4-13(19(2,21)22)11-29(27,28)15-8-17(25(3)10-15)18(26)24-14-5-6-16(20)12(7-14)9-23/h5-8,10,13H,4,11H2,1-3H3,(H,24,26)/t13-/m1/s1. The second-order valence-electron chi connectivity index (χ2n) is 6.78. The van der Waals surface area contributed by atoms with E-state index >= 15 is 0 Å². The molecule has 1 atom stereocenters. The Labute approximate surface area is 166 Å². The number of benzene rings is 1. The number of aryl methyl sites for hydroxylation is 1. The number of hydrogen-bond donors (Lipinski definition) is 1. The summed E-state index contributed by atoms with van der Waals surface area (Å²) in [6.45, 7) is 2.17. The predicted molar refractivity (Wildman–Crippen MR) is 101 cm³/mol. The molecule has 6 nitrogen and oxygen atoms in total. The lowest BCUT2D eigenvalue weighted by Crippen LogP contribution is -2.30. The highest BCUT2D eigenvalue weighted by atomic mass is 32.2. The Morgan fingerprint density at radius 2 is 2.00 bits per heavy atom. The molecule has 0 aliphatic rings. The summed E-state index contributed by atoms with van der Waals surface area (Å²) in [5.74, 6) is -6.69. The Morgan fingerprint density at radius 3 is 2.55 bits per heavy atom. The van der Waals surface area contributed by atoms with Crippen LogP contribution in [-0.4, -0.2) is 30.6 Å². The lowest BCUT2D eigenvalue weighted by Gasteiger charge is -2.21. The Morgan fingerprint density at radius 1 is 1.34 bits per heavy atom. The highest BCUT2D eigenvalue weighted by Gasteiger charge is 2.37. The number of nitriles is 1. The number of nitrogens with zero attached hydrogens (tertiary/aromatic N) is 2. The summed E-state index contributed by atoms with van der Waals surface area (Å²) in [6, 6.07) is 6.16. The van der Waals surface area contributed by atoms with Crippen LogP contribution in [0, 0.1) is 23.1 Å². The number of aromatic nitrogens is 1. The summed E-state index contributed by atoms with van der Waals surface area (Å²) in [4.78, 5) is 12.2. The number of carbonyl (C=O) groups excluding carboxylic acids is 1. The van der Waals surface area contributed by atoms with Crippen LogP contribution in [0.3, 0.4) is 0 Å². The molecule has 10 heteroatoms. The molecule has 2 rings (SSSR count).